The van der Waals surface area contributed by atoms with Crippen LogP contribution in [-0.2, 0) is 17.1 Å². The van der Waals surface area contributed by atoms with E-state index in [1.165, 1.54) is 50.1 Å². The first-order valence-corrected chi connectivity index (χ1v) is 10.4. The third kappa shape index (κ3) is 3.67. The van der Waals surface area contributed by atoms with E-state index in [4.69, 9.17) is 9.47 Å². The van der Waals surface area contributed by atoms with Crippen molar-refractivity contribution in [3.05, 3.63) is 22.1 Å². The summed E-state index contributed by atoms with van der Waals surface area (Å²) < 4.78 is 42.8. The summed E-state index contributed by atoms with van der Waals surface area (Å²) in [6, 6.07) is 1.53. The van der Waals surface area contributed by atoms with Gasteiger partial charge in [0.05, 0.1) is 26.0 Å². The second kappa shape index (κ2) is 7.44. The number of sulfonamides is 1. The SMILES string of the molecule is COc1cc(OC)n2s/c(=N/S(=O)(=O)c3c(C(=O)N(C)C)c(C)nn3C)nc2n1. The Morgan fingerprint density at radius 2 is 1.93 bits per heavy atom. The molecule has 0 aliphatic rings. The van der Waals surface area contributed by atoms with Crippen molar-refractivity contribution in [1.29, 1.82) is 0 Å². The minimum Gasteiger partial charge on any atom is -0.481 e. The van der Waals surface area contributed by atoms with Crippen molar-refractivity contribution in [1.82, 2.24) is 28.4 Å². The number of hydrogen-bond donors (Lipinski definition) is 0. The van der Waals surface area contributed by atoms with Crippen molar-refractivity contribution in [3.63, 3.8) is 0 Å². The Morgan fingerprint density at radius 1 is 1.24 bits per heavy atom. The summed E-state index contributed by atoms with van der Waals surface area (Å²) in [5.74, 6) is 0.271. The molecule has 156 valence electrons. The van der Waals surface area contributed by atoms with Crippen molar-refractivity contribution >= 4 is 33.2 Å². The lowest BCUT2D eigenvalue weighted by Crippen LogP contribution is -2.24. The molecule has 3 heterocycles. The number of aromatic nitrogens is 5. The average molecular weight is 441 g/mol. The Morgan fingerprint density at radius 3 is 2.52 bits per heavy atom. The molecule has 0 unspecified atom stereocenters. The molecule has 3 aromatic rings. The summed E-state index contributed by atoms with van der Waals surface area (Å²) in [4.78, 5) is 22.0. The van der Waals surface area contributed by atoms with Gasteiger partial charge in [-0.15, -0.1) is 4.40 Å². The number of carbonyl (C=O) groups excluding carboxylic acids is 1. The third-order valence-electron chi connectivity index (χ3n) is 3.86. The van der Waals surface area contributed by atoms with Crippen LogP contribution in [0.2, 0.25) is 0 Å². The van der Waals surface area contributed by atoms with E-state index in [9.17, 15) is 13.2 Å². The number of amides is 1. The fraction of sp³-hybridized carbons (Fsp3) is 0.400. The lowest BCUT2D eigenvalue weighted by atomic mass is 10.2. The maximum absolute atomic E-state index is 13.0. The van der Waals surface area contributed by atoms with Crippen LogP contribution < -0.4 is 14.3 Å². The van der Waals surface area contributed by atoms with Crippen LogP contribution >= 0.6 is 11.5 Å². The summed E-state index contributed by atoms with van der Waals surface area (Å²) in [5, 5.41) is 3.76. The molecule has 0 spiro atoms. The third-order valence-corrected chi connectivity index (χ3v) is 6.22. The number of fused-ring (bicyclic) bond motifs is 1. The molecule has 0 N–H and O–H groups in total. The van der Waals surface area contributed by atoms with Gasteiger partial charge < -0.3 is 14.4 Å². The van der Waals surface area contributed by atoms with Crippen molar-refractivity contribution < 1.29 is 22.7 Å². The molecule has 0 bridgehead atoms. The van der Waals surface area contributed by atoms with Gasteiger partial charge in [-0.05, 0) is 18.5 Å². The van der Waals surface area contributed by atoms with E-state index in [0.29, 0.717) is 5.88 Å². The van der Waals surface area contributed by atoms with E-state index >= 15 is 0 Å². The number of methoxy groups -OCH3 is 2. The molecule has 0 atom stereocenters. The van der Waals surface area contributed by atoms with Crippen LogP contribution in [0.1, 0.15) is 16.1 Å². The van der Waals surface area contributed by atoms with Crippen molar-refractivity contribution in [2.24, 2.45) is 11.4 Å². The predicted octanol–water partition coefficient (Wildman–Crippen LogP) is -0.159. The van der Waals surface area contributed by atoms with Gasteiger partial charge in [0.2, 0.25) is 16.6 Å². The van der Waals surface area contributed by atoms with E-state index in [1.54, 1.807) is 6.92 Å². The van der Waals surface area contributed by atoms with Gasteiger partial charge >= 0.3 is 10.0 Å². The molecule has 29 heavy (non-hydrogen) atoms. The molecule has 3 rings (SSSR count). The average Bonchev–Trinajstić information content (AvgIpc) is 3.18. The Bertz CT molecular complexity index is 1270. The van der Waals surface area contributed by atoms with Crippen LogP contribution in [0.15, 0.2) is 15.5 Å². The molecular weight excluding hydrogens is 422 g/mol. The predicted molar refractivity (Wildman–Crippen MR) is 103 cm³/mol. The number of aryl methyl sites for hydroxylation is 2. The summed E-state index contributed by atoms with van der Waals surface area (Å²) in [6.45, 7) is 1.56. The van der Waals surface area contributed by atoms with Crippen LogP contribution in [-0.4, -0.2) is 71.1 Å². The minimum atomic E-state index is -4.30. The summed E-state index contributed by atoms with van der Waals surface area (Å²) >= 11 is 0.914. The highest BCUT2D eigenvalue weighted by atomic mass is 32.2. The first-order valence-electron chi connectivity index (χ1n) is 8.14. The largest absolute Gasteiger partial charge is 0.481 e. The van der Waals surface area contributed by atoms with Crippen LogP contribution in [0.3, 0.4) is 0 Å². The monoisotopic (exact) mass is 441 g/mol. The first-order chi connectivity index (χ1) is 13.6. The lowest BCUT2D eigenvalue weighted by molar-refractivity contribution is 0.0822. The van der Waals surface area contributed by atoms with Crippen LogP contribution in [0.5, 0.6) is 11.8 Å². The highest BCUT2D eigenvalue weighted by Crippen LogP contribution is 2.23. The van der Waals surface area contributed by atoms with Crippen molar-refractivity contribution in [2.45, 2.75) is 11.9 Å². The lowest BCUT2D eigenvalue weighted by Gasteiger charge is -2.10. The van der Waals surface area contributed by atoms with Crippen molar-refractivity contribution in [3.8, 4) is 11.8 Å². The maximum atomic E-state index is 13.0. The number of ether oxygens (including phenoxy) is 2. The maximum Gasteiger partial charge on any atom is 0.303 e. The van der Waals surface area contributed by atoms with E-state index < -0.39 is 15.9 Å². The summed E-state index contributed by atoms with van der Waals surface area (Å²) in [6.07, 6.45) is 0. The second-order valence-corrected chi connectivity index (χ2v) is 8.51. The Labute approximate surface area is 170 Å². The van der Waals surface area contributed by atoms with Crippen LogP contribution in [0.25, 0.3) is 5.78 Å². The zero-order valence-electron chi connectivity index (χ0n) is 16.6. The van der Waals surface area contributed by atoms with E-state index in [2.05, 4.69) is 19.5 Å². The highest BCUT2D eigenvalue weighted by Gasteiger charge is 2.30. The molecule has 12 nitrogen and oxygen atoms in total. The topological polar surface area (TPSA) is 133 Å². The van der Waals surface area contributed by atoms with Gasteiger partial charge in [0.25, 0.3) is 11.7 Å². The van der Waals surface area contributed by atoms with Crippen LogP contribution in [0, 0.1) is 6.92 Å². The first kappa shape index (κ1) is 20.7. The quantitative estimate of drug-likeness (QED) is 0.533. The van der Waals surface area contributed by atoms with Gasteiger partial charge in [-0.25, -0.2) is 0 Å². The van der Waals surface area contributed by atoms with E-state index in [-0.39, 0.29) is 32.7 Å². The zero-order valence-corrected chi connectivity index (χ0v) is 18.2. The standard InChI is InChI=1S/C15H19N7O5S2/c1-8-11(12(23)20(2)3)13(21(4)18-8)29(24,25)19-15-17-14-16-9(26-5)7-10(27-6)22(14)28-15/h7H,1-6H3/b19-15+. The summed E-state index contributed by atoms with van der Waals surface area (Å²) in [7, 11) is 3.07. The molecule has 1 amide bonds. The number of hydrogen-bond acceptors (Lipinski definition) is 9. The minimum absolute atomic E-state index is 0.0348. The molecular formula is C15H19N7O5S2. The number of nitrogens with zero attached hydrogens (tertiary/aromatic N) is 7. The fourth-order valence-corrected chi connectivity index (χ4v) is 4.91. The molecule has 0 aliphatic carbocycles. The Balaban J connectivity index is 2.23. The highest BCUT2D eigenvalue weighted by molar-refractivity contribution is 7.90. The van der Waals surface area contributed by atoms with Gasteiger partial charge in [-0.1, -0.05) is 0 Å². The molecule has 3 aromatic heterocycles. The Kier molecular flexibility index (Phi) is 5.32. The number of rotatable bonds is 5. The fourth-order valence-electron chi connectivity index (χ4n) is 2.62. The normalized spacial score (nSPS) is 12.4. The van der Waals surface area contributed by atoms with Gasteiger partial charge in [0.15, 0.2) is 5.03 Å². The van der Waals surface area contributed by atoms with Gasteiger partial charge in [0.1, 0.15) is 5.56 Å². The second-order valence-electron chi connectivity index (χ2n) is 6.08. The van der Waals surface area contributed by atoms with E-state index in [1.807, 2.05) is 0 Å². The van der Waals surface area contributed by atoms with Gasteiger partial charge in [0, 0.05) is 21.1 Å². The molecule has 14 heteroatoms. The van der Waals surface area contributed by atoms with Gasteiger partial charge in [-0.2, -0.15) is 27.3 Å². The van der Waals surface area contributed by atoms with E-state index in [0.717, 1.165) is 16.2 Å². The smallest absolute Gasteiger partial charge is 0.303 e. The molecule has 0 aliphatic heterocycles. The zero-order chi connectivity index (χ0) is 21.5. The molecule has 0 aromatic carbocycles. The summed E-state index contributed by atoms with van der Waals surface area (Å²) in [5.41, 5.74) is 0.249. The van der Waals surface area contributed by atoms with Crippen LogP contribution in [0.4, 0.5) is 0 Å². The Hall–Kier alpha value is -3.00. The molecule has 0 saturated carbocycles. The van der Waals surface area contributed by atoms with Gasteiger partial charge in [-0.3, -0.25) is 9.48 Å². The molecule has 0 saturated heterocycles. The number of carbonyl (C=O) groups is 1. The molecule has 0 fully saturated rings. The van der Waals surface area contributed by atoms with Crippen molar-refractivity contribution in [2.75, 3.05) is 28.3 Å². The molecule has 0 radical (unpaired) electrons.